The molecule has 0 aliphatic carbocycles. The highest BCUT2D eigenvalue weighted by Crippen LogP contribution is 2.28. The van der Waals surface area contributed by atoms with E-state index in [2.05, 4.69) is 36.3 Å². The maximum atomic E-state index is 12.3. The lowest BCUT2D eigenvalue weighted by molar-refractivity contribution is -0.151. The lowest BCUT2D eigenvalue weighted by atomic mass is 9.97. The van der Waals surface area contributed by atoms with Gasteiger partial charge in [-0.3, -0.25) is 9.59 Å². The summed E-state index contributed by atoms with van der Waals surface area (Å²) in [5.41, 5.74) is -0.0689. The number of anilines is 1. The number of nitrogens with one attached hydrogen (secondary N) is 1. The molecule has 1 saturated heterocycles. The van der Waals surface area contributed by atoms with E-state index in [0.29, 0.717) is 38.3 Å². The third kappa shape index (κ3) is 6.47. The van der Waals surface area contributed by atoms with Gasteiger partial charge in [-0.25, -0.2) is 0 Å². The van der Waals surface area contributed by atoms with E-state index in [1.807, 2.05) is 11.8 Å². The van der Waals surface area contributed by atoms with Crippen LogP contribution in [0.3, 0.4) is 0 Å². The first-order valence-corrected chi connectivity index (χ1v) is 10.3. The summed E-state index contributed by atoms with van der Waals surface area (Å²) >= 11 is 2.86. The minimum atomic E-state index is -0.142. The molecule has 140 valence electrons. The van der Waals surface area contributed by atoms with Gasteiger partial charge in [0.1, 0.15) is 0 Å². The Hall–Kier alpha value is -1.35. The van der Waals surface area contributed by atoms with Gasteiger partial charge in [0, 0.05) is 18.6 Å². The van der Waals surface area contributed by atoms with Crippen molar-refractivity contribution in [2.24, 2.45) is 5.92 Å². The van der Waals surface area contributed by atoms with Crippen LogP contribution in [-0.2, 0) is 14.3 Å². The second-order valence-electron chi connectivity index (χ2n) is 6.94. The molecule has 1 aromatic rings. The highest BCUT2D eigenvalue weighted by molar-refractivity contribution is 8.01. The molecule has 2 rings (SSSR count). The Morgan fingerprint density at radius 3 is 2.60 bits per heavy atom. The molecule has 1 aliphatic heterocycles. The molecule has 0 spiro atoms. The van der Waals surface area contributed by atoms with E-state index < -0.39 is 0 Å². The highest BCUT2D eigenvalue weighted by Gasteiger charge is 2.28. The standard InChI is InChI=1S/C16H26N4O3S2/c1-5-23-13(22)11-6-8-20(9-7-11)12(21)10-24-15-19-18-14(25-15)17-16(2,3)4/h11H,5-10H2,1-4H3,(H,17,18). The number of ether oxygens (including phenoxy) is 1. The normalized spacial score (nSPS) is 15.9. The lowest BCUT2D eigenvalue weighted by Gasteiger charge is -2.30. The molecule has 9 heteroatoms. The first kappa shape index (κ1) is 20.0. The quantitative estimate of drug-likeness (QED) is 0.594. The van der Waals surface area contributed by atoms with E-state index in [0.717, 1.165) is 9.47 Å². The monoisotopic (exact) mass is 386 g/mol. The zero-order chi connectivity index (χ0) is 18.4. The summed E-state index contributed by atoms with van der Waals surface area (Å²) in [6.45, 7) is 9.61. The molecule has 0 radical (unpaired) electrons. The van der Waals surface area contributed by atoms with Gasteiger partial charge in [-0.2, -0.15) is 0 Å². The van der Waals surface area contributed by atoms with E-state index in [1.165, 1.54) is 23.1 Å². The minimum Gasteiger partial charge on any atom is -0.466 e. The summed E-state index contributed by atoms with van der Waals surface area (Å²) in [5, 5.41) is 12.2. The second kappa shape index (κ2) is 8.84. The van der Waals surface area contributed by atoms with Gasteiger partial charge >= 0.3 is 5.97 Å². The molecule has 0 bridgehead atoms. The van der Waals surface area contributed by atoms with Crippen LogP contribution in [0.5, 0.6) is 0 Å². The summed E-state index contributed by atoms with van der Waals surface area (Å²) in [6.07, 6.45) is 1.35. The molecular formula is C16H26N4O3S2. The molecule has 0 atom stereocenters. The van der Waals surface area contributed by atoms with Gasteiger partial charge < -0.3 is 15.0 Å². The van der Waals surface area contributed by atoms with Gasteiger partial charge in [-0.05, 0) is 40.5 Å². The minimum absolute atomic E-state index is 0.0689. The Balaban J connectivity index is 1.75. The Labute approximate surface area is 156 Å². The van der Waals surface area contributed by atoms with Crippen LogP contribution in [0.15, 0.2) is 4.34 Å². The lowest BCUT2D eigenvalue weighted by Crippen LogP contribution is -2.41. The third-order valence-corrected chi connectivity index (χ3v) is 5.63. The summed E-state index contributed by atoms with van der Waals surface area (Å²) in [7, 11) is 0. The van der Waals surface area contributed by atoms with Crippen molar-refractivity contribution in [2.75, 3.05) is 30.8 Å². The van der Waals surface area contributed by atoms with Crippen LogP contribution in [0.1, 0.15) is 40.5 Å². The number of carbonyl (C=O) groups is 2. The van der Waals surface area contributed by atoms with Crippen molar-refractivity contribution >= 4 is 40.1 Å². The molecule has 0 unspecified atom stereocenters. The van der Waals surface area contributed by atoms with E-state index in [4.69, 9.17) is 4.74 Å². The van der Waals surface area contributed by atoms with Crippen molar-refractivity contribution < 1.29 is 14.3 Å². The van der Waals surface area contributed by atoms with E-state index in [1.54, 1.807) is 0 Å². The van der Waals surface area contributed by atoms with Gasteiger partial charge in [-0.1, -0.05) is 23.1 Å². The molecule has 1 aromatic heterocycles. The largest absolute Gasteiger partial charge is 0.466 e. The molecule has 1 amide bonds. The van der Waals surface area contributed by atoms with E-state index >= 15 is 0 Å². The first-order chi connectivity index (χ1) is 11.8. The summed E-state index contributed by atoms with van der Waals surface area (Å²) in [4.78, 5) is 25.9. The Bertz CT molecular complexity index is 592. The molecule has 0 aromatic carbocycles. The van der Waals surface area contributed by atoms with Crippen molar-refractivity contribution in [1.82, 2.24) is 15.1 Å². The molecule has 1 N–H and O–H groups in total. The number of hydrogen-bond acceptors (Lipinski definition) is 8. The second-order valence-corrected chi connectivity index (χ2v) is 9.14. The number of piperidine rings is 1. The topological polar surface area (TPSA) is 84.4 Å². The number of rotatable bonds is 6. The van der Waals surface area contributed by atoms with Gasteiger partial charge in [0.2, 0.25) is 11.0 Å². The molecule has 0 saturated carbocycles. The number of amides is 1. The van der Waals surface area contributed by atoms with Crippen LogP contribution < -0.4 is 5.32 Å². The summed E-state index contributed by atoms with van der Waals surface area (Å²) in [5.74, 6) is 0.198. The number of aromatic nitrogens is 2. The predicted molar refractivity (Wildman–Crippen MR) is 99.9 cm³/mol. The average Bonchev–Trinajstić information content (AvgIpc) is 2.98. The van der Waals surface area contributed by atoms with Gasteiger partial charge in [-0.15, -0.1) is 10.2 Å². The summed E-state index contributed by atoms with van der Waals surface area (Å²) < 4.78 is 5.83. The number of carbonyl (C=O) groups excluding carboxylic acids is 2. The van der Waals surface area contributed by atoms with Crippen LogP contribution in [0.4, 0.5) is 5.13 Å². The molecule has 1 fully saturated rings. The van der Waals surface area contributed by atoms with Crippen LogP contribution in [0.2, 0.25) is 0 Å². The molecule has 7 nitrogen and oxygen atoms in total. The van der Waals surface area contributed by atoms with Crippen LogP contribution in [0.25, 0.3) is 0 Å². The zero-order valence-corrected chi connectivity index (χ0v) is 16.8. The fourth-order valence-corrected chi connectivity index (χ4v) is 4.34. The van der Waals surface area contributed by atoms with Crippen LogP contribution in [0, 0.1) is 5.92 Å². The van der Waals surface area contributed by atoms with E-state index in [9.17, 15) is 9.59 Å². The number of esters is 1. The predicted octanol–water partition coefficient (Wildman–Crippen LogP) is 2.64. The van der Waals surface area contributed by atoms with Gasteiger partial charge in [0.05, 0.1) is 18.3 Å². The van der Waals surface area contributed by atoms with Crippen molar-refractivity contribution in [3.63, 3.8) is 0 Å². The fourth-order valence-electron chi connectivity index (χ4n) is 2.48. The Morgan fingerprint density at radius 1 is 1.32 bits per heavy atom. The van der Waals surface area contributed by atoms with Crippen molar-refractivity contribution in [2.45, 2.75) is 50.4 Å². The zero-order valence-electron chi connectivity index (χ0n) is 15.2. The van der Waals surface area contributed by atoms with Gasteiger partial charge in [0.25, 0.3) is 0 Å². The summed E-state index contributed by atoms with van der Waals surface area (Å²) in [6, 6.07) is 0. The van der Waals surface area contributed by atoms with E-state index in [-0.39, 0.29) is 23.3 Å². The highest BCUT2D eigenvalue weighted by atomic mass is 32.2. The maximum Gasteiger partial charge on any atom is 0.309 e. The SMILES string of the molecule is CCOC(=O)C1CCN(C(=O)CSc2nnc(NC(C)(C)C)s2)CC1. The Kier molecular flexibility index (Phi) is 7.06. The maximum absolute atomic E-state index is 12.3. The third-order valence-electron chi connectivity index (χ3n) is 3.68. The van der Waals surface area contributed by atoms with Crippen LogP contribution >= 0.6 is 23.1 Å². The number of nitrogens with zero attached hydrogens (tertiary/aromatic N) is 3. The molecule has 1 aliphatic rings. The fraction of sp³-hybridized carbons (Fsp3) is 0.750. The van der Waals surface area contributed by atoms with Crippen molar-refractivity contribution in [1.29, 1.82) is 0 Å². The molecule has 2 heterocycles. The van der Waals surface area contributed by atoms with Crippen LogP contribution in [-0.4, -0.2) is 58.0 Å². The van der Waals surface area contributed by atoms with Gasteiger partial charge in [0.15, 0.2) is 4.34 Å². The molecule has 25 heavy (non-hydrogen) atoms. The average molecular weight is 387 g/mol. The number of likely N-dealkylation sites (tertiary alicyclic amines) is 1. The van der Waals surface area contributed by atoms with Crippen molar-refractivity contribution in [3.05, 3.63) is 0 Å². The van der Waals surface area contributed by atoms with Crippen molar-refractivity contribution in [3.8, 4) is 0 Å². The number of hydrogen-bond donors (Lipinski definition) is 1. The number of thioether (sulfide) groups is 1. The first-order valence-electron chi connectivity index (χ1n) is 8.47. The molecular weight excluding hydrogens is 360 g/mol. The smallest absolute Gasteiger partial charge is 0.309 e. The Morgan fingerprint density at radius 2 is 2.00 bits per heavy atom.